The molecule has 0 saturated carbocycles. The van der Waals surface area contributed by atoms with E-state index in [4.69, 9.17) is 9.73 Å². The Hall–Kier alpha value is -2.61. The summed E-state index contributed by atoms with van der Waals surface area (Å²) in [6.45, 7) is 4.11. The van der Waals surface area contributed by atoms with E-state index in [9.17, 15) is 9.59 Å². The molecule has 0 aliphatic carbocycles. The Kier molecular flexibility index (Phi) is 4.07. The number of aliphatic imine (C=N–C) groups is 1. The molecule has 1 aromatic carbocycles. The van der Waals surface area contributed by atoms with E-state index in [2.05, 4.69) is 24.0 Å². The number of hydrogen-bond acceptors (Lipinski definition) is 6. The fourth-order valence-electron chi connectivity index (χ4n) is 3.87. The number of guanidine groups is 1. The van der Waals surface area contributed by atoms with Crippen molar-refractivity contribution in [3.63, 3.8) is 0 Å². The predicted molar refractivity (Wildman–Crippen MR) is 97.0 cm³/mol. The second-order valence-electron chi connectivity index (χ2n) is 6.85. The van der Waals surface area contributed by atoms with Crippen molar-refractivity contribution in [2.45, 2.75) is 19.1 Å². The van der Waals surface area contributed by atoms with Crippen molar-refractivity contribution in [3.8, 4) is 0 Å². The van der Waals surface area contributed by atoms with Crippen molar-refractivity contribution in [3.05, 3.63) is 29.8 Å². The molecule has 8 heteroatoms. The summed E-state index contributed by atoms with van der Waals surface area (Å²) in [6, 6.07) is 7.44. The number of aryl methyl sites for hydroxylation is 1. The van der Waals surface area contributed by atoms with E-state index < -0.39 is 12.2 Å². The third kappa shape index (κ3) is 2.44. The molecule has 2 fully saturated rings. The Morgan fingerprint density at radius 3 is 2.81 bits per heavy atom. The van der Waals surface area contributed by atoms with Gasteiger partial charge in [0.15, 0.2) is 12.2 Å². The maximum absolute atomic E-state index is 13.0. The Morgan fingerprint density at radius 1 is 1.27 bits per heavy atom. The fourth-order valence-corrected chi connectivity index (χ4v) is 3.87. The molecule has 3 aliphatic heterocycles. The van der Waals surface area contributed by atoms with Crippen LogP contribution < -0.4 is 4.90 Å². The van der Waals surface area contributed by atoms with Gasteiger partial charge in [-0.1, -0.05) is 12.1 Å². The van der Waals surface area contributed by atoms with Gasteiger partial charge in [-0.3, -0.25) is 9.69 Å². The number of hydrogen-bond donors (Lipinski definition) is 0. The number of carbonyl (C=O) groups is 2. The quantitative estimate of drug-likeness (QED) is 0.794. The first-order chi connectivity index (χ1) is 12.5. The normalized spacial score (nSPS) is 25.0. The highest BCUT2D eigenvalue weighted by Gasteiger charge is 2.54. The number of nitrogens with zero attached hydrogens (tertiary/aromatic N) is 5. The van der Waals surface area contributed by atoms with Crippen LogP contribution in [-0.2, 0) is 9.53 Å². The van der Waals surface area contributed by atoms with Crippen LogP contribution in [0, 0.1) is 6.92 Å². The van der Waals surface area contributed by atoms with Crippen LogP contribution in [0.1, 0.15) is 5.56 Å². The number of amides is 3. The largest absolute Gasteiger partial charge is 0.383 e. The lowest BCUT2D eigenvalue weighted by Gasteiger charge is -2.40. The second kappa shape index (κ2) is 6.28. The van der Waals surface area contributed by atoms with Crippen molar-refractivity contribution < 1.29 is 14.3 Å². The number of methoxy groups -OCH3 is 1. The van der Waals surface area contributed by atoms with E-state index in [0.29, 0.717) is 13.2 Å². The predicted octanol–water partition coefficient (Wildman–Crippen LogP) is 0.722. The van der Waals surface area contributed by atoms with E-state index >= 15 is 0 Å². The summed E-state index contributed by atoms with van der Waals surface area (Å²) >= 11 is 0. The lowest BCUT2D eigenvalue weighted by atomic mass is 10.1. The molecule has 2 unspecified atom stereocenters. The highest BCUT2D eigenvalue weighted by molar-refractivity contribution is 6.08. The molecule has 0 N–H and O–H groups in total. The molecule has 0 radical (unpaired) electrons. The van der Waals surface area contributed by atoms with Gasteiger partial charge >= 0.3 is 6.03 Å². The lowest BCUT2D eigenvalue weighted by molar-refractivity contribution is -0.137. The number of ether oxygens (including phenoxy) is 1. The average molecular weight is 357 g/mol. The summed E-state index contributed by atoms with van der Waals surface area (Å²) in [5.74, 6) is 0.576. The monoisotopic (exact) mass is 357 g/mol. The van der Waals surface area contributed by atoms with Gasteiger partial charge < -0.3 is 19.4 Å². The highest BCUT2D eigenvalue weighted by atomic mass is 16.5. The van der Waals surface area contributed by atoms with Gasteiger partial charge in [0.1, 0.15) is 0 Å². The highest BCUT2D eigenvalue weighted by Crippen LogP contribution is 2.33. The molecule has 4 rings (SSSR count). The van der Waals surface area contributed by atoms with Crippen LogP contribution in [-0.4, -0.2) is 85.2 Å². The number of carbonyl (C=O) groups excluding carboxylic acids is 2. The molecule has 2 saturated heterocycles. The molecule has 26 heavy (non-hydrogen) atoms. The van der Waals surface area contributed by atoms with Crippen molar-refractivity contribution >= 4 is 23.6 Å². The maximum Gasteiger partial charge on any atom is 0.328 e. The van der Waals surface area contributed by atoms with Gasteiger partial charge in [-0.05, 0) is 24.6 Å². The maximum atomic E-state index is 13.0. The van der Waals surface area contributed by atoms with Crippen LogP contribution in [0.4, 0.5) is 10.5 Å². The van der Waals surface area contributed by atoms with Crippen molar-refractivity contribution in [2.24, 2.45) is 4.99 Å². The molecule has 3 amide bonds. The molecule has 138 valence electrons. The van der Waals surface area contributed by atoms with E-state index in [1.807, 2.05) is 17.0 Å². The molecule has 8 nitrogen and oxygen atoms in total. The average Bonchev–Trinajstić information content (AvgIpc) is 3.19. The van der Waals surface area contributed by atoms with Crippen LogP contribution >= 0.6 is 0 Å². The summed E-state index contributed by atoms with van der Waals surface area (Å²) in [5.41, 5.74) is 2.23. The van der Waals surface area contributed by atoms with Crippen LogP contribution in [0.2, 0.25) is 0 Å². The minimum Gasteiger partial charge on any atom is -0.383 e. The Labute approximate surface area is 152 Å². The third-order valence-electron chi connectivity index (χ3n) is 5.21. The van der Waals surface area contributed by atoms with Crippen molar-refractivity contribution in [2.75, 3.05) is 45.3 Å². The lowest BCUT2D eigenvalue weighted by Crippen LogP contribution is -2.65. The first-order valence-electron chi connectivity index (χ1n) is 8.78. The van der Waals surface area contributed by atoms with Crippen molar-refractivity contribution in [1.82, 2.24) is 14.7 Å². The van der Waals surface area contributed by atoms with Crippen LogP contribution in [0.3, 0.4) is 0 Å². The zero-order valence-corrected chi connectivity index (χ0v) is 15.3. The van der Waals surface area contributed by atoms with Gasteiger partial charge in [-0.25, -0.2) is 9.79 Å². The number of rotatable bonds is 4. The topological polar surface area (TPSA) is 68.7 Å². The summed E-state index contributed by atoms with van der Waals surface area (Å²) in [5, 5.41) is 0. The molecule has 0 aromatic heterocycles. The van der Waals surface area contributed by atoms with E-state index in [0.717, 1.165) is 18.2 Å². The van der Waals surface area contributed by atoms with Gasteiger partial charge in [-0.15, -0.1) is 0 Å². The van der Waals surface area contributed by atoms with Crippen LogP contribution in [0.5, 0.6) is 0 Å². The summed E-state index contributed by atoms with van der Waals surface area (Å²) in [4.78, 5) is 37.3. The van der Waals surface area contributed by atoms with Gasteiger partial charge in [0.05, 0.1) is 13.2 Å². The zero-order valence-electron chi connectivity index (χ0n) is 15.3. The molecule has 3 aliphatic rings. The Balaban J connectivity index is 1.64. The number of anilines is 1. The first kappa shape index (κ1) is 16.8. The van der Waals surface area contributed by atoms with Gasteiger partial charge in [0, 0.05) is 32.9 Å². The fraction of sp³-hybridized carbons (Fsp3) is 0.500. The second-order valence-corrected chi connectivity index (χ2v) is 6.85. The van der Waals surface area contributed by atoms with Crippen LogP contribution in [0.15, 0.2) is 29.3 Å². The molecule has 3 heterocycles. The smallest absolute Gasteiger partial charge is 0.328 e. The van der Waals surface area contributed by atoms with Gasteiger partial charge in [-0.2, -0.15) is 0 Å². The molecular weight excluding hydrogens is 334 g/mol. The third-order valence-corrected chi connectivity index (χ3v) is 5.21. The van der Waals surface area contributed by atoms with Crippen molar-refractivity contribution in [1.29, 1.82) is 0 Å². The molecule has 1 aromatic rings. The Morgan fingerprint density at radius 2 is 2.08 bits per heavy atom. The van der Waals surface area contributed by atoms with Gasteiger partial charge in [0.2, 0.25) is 5.96 Å². The van der Waals surface area contributed by atoms with E-state index in [1.165, 1.54) is 10.5 Å². The number of likely N-dealkylation sites (N-methyl/N-ethyl adjacent to an activating group) is 1. The minimum atomic E-state index is -0.476. The molecule has 2 atom stereocenters. The van der Waals surface area contributed by atoms with Gasteiger partial charge in [0.25, 0.3) is 5.91 Å². The summed E-state index contributed by atoms with van der Waals surface area (Å²) in [7, 11) is 3.26. The zero-order chi connectivity index (χ0) is 18.4. The van der Waals surface area contributed by atoms with Crippen LogP contribution in [0.25, 0.3) is 0 Å². The molecule has 0 bridgehead atoms. The molecule has 0 spiro atoms. The Bertz CT molecular complexity index is 780. The number of benzene rings is 1. The summed E-state index contributed by atoms with van der Waals surface area (Å²) < 4.78 is 5.05. The standard InChI is InChI=1S/C18H23N5O3/c1-12-5-4-6-13(11-12)21-7-8-22-14-15(19-17(21)22)20(2)18(25)23(16(14)24)9-10-26-3/h4-6,11,14-15H,7-10H2,1-3H3. The summed E-state index contributed by atoms with van der Waals surface area (Å²) in [6.07, 6.45) is -0.476. The first-order valence-corrected chi connectivity index (χ1v) is 8.78. The number of urea groups is 1. The number of fused-ring (bicyclic) bond motifs is 3. The minimum absolute atomic E-state index is 0.194. The van der Waals surface area contributed by atoms with E-state index in [-0.39, 0.29) is 18.5 Å². The molecular formula is C18H23N5O3. The number of imide groups is 1. The SMILES string of the molecule is COCCN1C(=O)C2C(N=C3N(c4cccc(C)c4)CCN32)N(C)C1=O. The van der Waals surface area contributed by atoms with E-state index in [1.54, 1.807) is 19.1 Å².